The minimum atomic E-state index is 0.0214. The van der Waals surface area contributed by atoms with Crippen molar-refractivity contribution in [1.82, 2.24) is 15.1 Å². The van der Waals surface area contributed by atoms with E-state index in [2.05, 4.69) is 22.3 Å². The molecule has 1 N–H and O–H groups in total. The first-order valence-electron chi connectivity index (χ1n) is 10.5. The number of amides is 2. The van der Waals surface area contributed by atoms with Crippen molar-refractivity contribution in [1.29, 1.82) is 0 Å². The lowest BCUT2D eigenvalue weighted by atomic mass is 10.0. The second-order valence-electron chi connectivity index (χ2n) is 8.12. The molecule has 5 rings (SSSR count). The number of nitrogens with zero attached hydrogens (tertiary/aromatic N) is 2. The number of carbonyl (C=O) groups excluding carboxylic acids is 1. The van der Waals surface area contributed by atoms with Gasteiger partial charge < -0.3 is 19.7 Å². The second kappa shape index (κ2) is 7.95. The number of urea groups is 1. The minimum Gasteiger partial charge on any atom is -0.486 e. The van der Waals surface area contributed by atoms with Crippen LogP contribution in [0.2, 0.25) is 0 Å². The van der Waals surface area contributed by atoms with Gasteiger partial charge in [-0.25, -0.2) is 4.79 Å². The summed E-state index contributed by atoms with van der Waals surface area (Å²) in [5.41, 5.74) is 1.17. The van der Waals surface area contributed by atoms with Gasteiger partial charge in [0.25, 0.3) is 0 Å². The molecule has 3 aliphatic rings. The number of carbonyl (C=O) groups is 1. The zero-order chi connectivity index (χ0) is 19.6. The Morgan fingerprint density at radius 1 is 1.00 bits per heavy atom. The van der Waals surface area contributed by atoms with Gasteiger partial charge in [0.2, 0.25) is 0 Å². The van der Waals surface area contributed by atoms with E-state index in [4.69, 9.17) is 9.47 Å². The highest BCUT2D eigenvalue weighted by molar-refractivity contribution is 5.77. The first-order chi connectivity index (χ1) is 14.3. The van der Waals surface area contributed by atoms with Gasteiger partial charge in [-0.2, -0.15) is 0 Å². The van der Waals surface area contributed by atoms with Crippen molar-refractivity contribution in [2.24, 2.45) is 0 Å². The Labute approximate surface area is 171 Å². The fourth-order valence-electron chi connectivity index (χ4n) is 4.64. The van der Waals surface area contributed by atoms with E-state index in [0.717, 1.165) is 50.5 Å². The Morgan fingerprint density at radius 2 is 1.79 bits per heavy atom. The number of hydrogen-bond donors (Lipinski definition) is 1. The van der Waals surface area contributed by atoms with Crippen molar-refractivity contribution in [3.63, 3.8) is 0 Å². The van der Waals surface area contributed by atoms with Crippen LogP contribution in [0.25, 0.3) is 0 Å². The van der Waals surface area contributed by atoms with E-state index in [9.17, 15) is 4.79 Å². The summed E-state index contributed by atoms with van der Waals surface area (Å²) >= 11 is 0. The van der Waals surface area contributed by atoms with Crippen molar-refractivity contribution in [3.05, 3.63) is 60.2 Å². The lowest BCUT2D eigenvalue weighted by Crippen LogP contribution is -2.52. The number of ether oxygens (including phenoxy) is 2. The van der Waals surface area contributed by atoms with E-state index < -0.39 is 0 Å². The summed E-state index contributed by atoms with van der Waals surface area (Å²) in [4.78, 5) is 17.1. The minimum absolute atomic E-state index is 0.0214. The molecule has 29 heavy (non-hydrogen) atoms. The van der Waals surface area contributed by atoms with Crippen LogP contribution in [0.5, 0.6) is 11.5 Å². The molecule has 6 nitrogen and oxygen atoms in total. The molecule has 2 amide bonds. The van der Waals surface area contributed by atoms with E-state index in [1.807, 2.05) is 47.4 Å². The number of rotatable bonds is 4. The highest BCUT2D eigenvalue weighted by Gasteiger charge is 2.37. The molecule has 3 aliphatic heterocycles. The van der Waals surface area contributed by atoms with Gasteiger partial charge in [-0.3, -0.25) is 4.90 Å². The van der Waals surface area contributed by atoms with Gasteiger partial charge in [0.15, 0.2) is 11.5 Å². The van der Waals surface area contributed by atoms with Gasteiger partial charge in [0, 0.05) is 25.7 Å². The van der Waals surface area contributed by atoms with Crippen LogP contribution in [0.4, 0.5) is 4.79 Å². The number of likely N-dealkylation sites (tertiary alicyclic amines) is 1. The number of hydrogen-bond acceptors (Lipinski definition) is 4. The summed E-state index contributed by atoms with van der Waals surface area (Å²) in [7, 11) is 0. The lowest BCUT2D eigenvalue weighted by Gasteiger charge is -2.39. The SMILES string of the molecule is O=C1NC(c2ccccc2)CN1C1CCCN(CC2COc3ccccc3O2)C1. The van der Waals surface area contributed by atoms with Crippen LogP contribution in [0.15, 0.2) is 54.6 Å². The Bertz CT molecular complexity index is 859. The summed E-state index contributed by atoms with van der Waals surface area (Å²) in [6, 6.07) is 18.4. The Balaban J connectivity index is 1.20. The summed E-state index contributed by atoms with van der Waals surface area (Å²) in [6.07, 6.45) is 2.17. The predicted octanol–water partition coefficient (Wildman–Crippen LogP) is 3.06. The zero-order valence-electron chi connectivity index (χ0n) is 16.5. The third-order valence-electron chi connectivity index (χ3n) is 6.09. The summed E-state index contributed by atoms with van der Waals surface area (Å²) < 4.78 is 12.0. The molecular weight excluding hydrogens is 366 g/mol. The van der Waals surface area contributed by atoms with Crippen LogP contribution in [-0.4, -0.2) is 60.8 Å². The Morgan fingerprint density at radius 3 is 2.66 bits per heavy atom. The summed E-state index contributed by atoms with van der Waals surface area (Å²) in [6.45, 7) is 4.05. The largest absolute Gasteiger partial charge is 0.486 e. The first kappa shape index (κ1) is 18.3. The van der Waals surface area contributed by atoms with E-state index in [0.29, 0.717) is 6.61 Å². The van der Waals surface area contributed by atoms with Gasteiger partial charge in [-0.1, -0.05) is 42.5 Å². The maximum Gasteiger partial charge on any atom is 0.318 e. The number of fused-ring (bicyclic) bond motifs is 1. The number of para-hydroxylation sites is 2. The molecule has 2 fully saturated rings. The van der Waals surface area contributed by atoms with Crippen LogP contribution in [-0.2, 0) is 0 Å². The van der Waals surface area contributed by atoms with Crippen molar-refractivity contribution < 1.29 is 14.3 Å². The van der Waals surface area contributed by atoms with E-state index in [1.54, 1.807) is 0 Å². The molecular formula is C23H27N3O3. The predicted molar refractivity (Wildman–Crippen MR) is 110 cm³/mol. The standard InChI is InChI=1S/C23H27N3O3/c27-23-24-20(17-7-2-1-3-8-17)15-26(23)18-9-6-12-25(13-18)14-19-16-28-21-10-4-5-11-22(21)29-19/h1-5,7-8,10-11,18-20H,6,9,12-16H2,(H,24,27). The number of piperidine rings is 1. The molecule has 0 aliphatic carbocycles. The summed E-state index contributed by atoms with van der Waals surface area (Å²) in [5, 5.41) is 3.15. The monoisotopic (exact) mass is 393 g/mol. The Kier molecular flexibility index (Phi) is 5.02. The molecule has 0 spiro atoms. The fraction of sp³-hybridized carbons (Fsp3) is 0.435. The highest BCUT2D eigenvalue weighted by Crippen LogP contribution is 2.31. The van der Waals surface area contributed by atoms with Gasteiger partial charge in [-0.15, -0.1) is 0 Å². The molecule has 3 heterocycles. The quantitative estimate of drug-likeness (QED) is 0.868. The number of nitrogens with one attached hydrogen (secondary N) is 1. The van der Waals surface area contributed by atoms with Crippen molar-refractivity contribution >= 4 is 6.03 Å². The molecule has 0 aromatic heterocycles. The summed E-state index contributed by atoms with van der Waals surface area (Å²) in [5.74, 6) is 1.64. The van der Waals surface area contributed by atoms with Gasteiger partial charge >= 0.3 is 6.03 Å². The Hall–Kier alpha value is -2.73. The van der Waals surface area contributed by atoms with Crippen LogP contribution < -0.4 is 14.8 Å². The van der Waals surface area contributed by atoms with Gasteiger partial charge in [0.1, 0.15) is 12.7 Å². The molecule has 0 saturated carbocycles. The lowest BCUT2D eigenvalue weighted by molar-refractivity contribution is 0.0402. The topological polar surface area (TPSA) is 54.0 Å². The normalized spacial score (nSPS) is 27.0. The molecule has 3 atom stereocenters. The molecule has 3 unspecified atom stereocenters. The van der Waals surface area contributed by atoms with E-state index in [-0.39, 0.29) is 24.2 Å². The first-order valence-corrected chi connectivity index (χ1v) is 10.5. The molecule has 2 aromatic carbocycles. The third kappa shape index (κ3) is 3.90. The average Bonchev–Trinajstić information content (AvgIpc) is 3.16. The van der Waals surface area contributed by atoms with Crippen LogP contribution in [0, 0.1) is 0 Å². The third-order valence-corrected chi connectivity index (χ3v) is 6.09. The van der Waals surface area contributed by atoms with Gasteiger partial charge in [-0.05, 0) is 37.1 Å². The second-order valence-corrected chi connectivity index (χ2v) is 8.12. The zero-order valence-corrected chi connectivity index (χ0v) is 16.5. The van der Waals surface area contributed by atoms with E-state index >= 15 is 0 Å². The molecule has 6 heteroatoms. The molecule has 2 aromatic rings. The van der Waals surface area contributed by atoms with Crippen LogP contribution in [0.1, 0.15) is 24.4 Å². The maximum absolute atomic E-state index is 12.6. The maximum atomic E-state index is 12.6. The van der Waals surface area contributed by atoms with Gasteiger partial charge in [0.05, 0.1) is 6.04 Å². The van der Waals surface area contributed by atoms with Crippen LogP contribution in [0.3, 0.4) is 0 Å². The fourth-order valence-corrected chi connectivity index (χ4v) is 4.64. The highest BCUT2D eigenvalue weighted by atomic mass is 16.6. The molecule has 0 radical (unpaired) electrons. The van der Waals surface area contributed by atoms with Crippen molar-refractivity contribution in [2.45, 2.75) is 31.0 Å². The van der Waals surface area contributed by atoms with Crippen LogP contribution >= 0.6 is 0 Å². The molecule has 0 bridgehead atoms. The molecule has 2 saturated heterocycles. The van der Waals surface area contributed by atoms with E-state index in [1.165, 1.54) is 5.56 Å². The van der Waals surface area contributed by atoms with Crippen molar-refractivity contribution in [3.8, 4) is 11.5 Å². The average molecular weight is 393 g/mol. The van der Waals surface area contributed by atoms with Crippen molar-refractivity contribution in [2.75, 3.05) is 32.8 Å². The smallest absolute Gasteiger partial charge is 0.318 e. The molecule has 152 valence electrons. The number of benzene rings is 2.